The quantitative estimate of drug-likeness (QED) is 0.467. The van der Waals surface area contributed by atoms with Gasteiger partial charge >= 0.3 is 0 Å². The lowest BCUT2D eigenvalue weighted by Gasteiger charge is -2.17. The van der Waals surface area contributed by atoms with Gasteiger partial charge in [0.25, 0.3) is 0 Å². The highest BCUT2D eigenvalue weighted by atomic mass is 127. The molecule has 0 saturated heterocycles. The van der Waals surface area contributed by atoms with Crippen LogP contribution in [0.5, 0.6) is 0 Å². The predicted octanol–water partition coefficient (Wildman–Crippen LogP) is 3.18. The van der Waals surface area contributed by atoms with E-state index in [1.165, 1.54) is 9.75 Å². The van der Waals surface area contributed by atoms with Crippen molar-refractivity contribution in [3.05, 3.63) is 21.9 Å². The molecule has 0 aliphatic heterocycles. The van der Waals surface area contributed by atoms with E-state index < -0.39 is 0 Å². The summed E-state index contributed by atoms with van der Waals surface area (Å²) in [5.41, 5.74) is 0. The molecule has 0 aliphatic rings. The molecule has 0 saturated carbocycles. The van der Waals surface area contributed by atoms with E-state index in [0.717, 1.165) is 25.3 Å². The molecule has 104 valence electrons. The molecule has 0 aliphatic carbocycles. The van der Waals surface area contributed by atoms with Gasteiger partial charge in [0.05, 0.1) is 0 Å². The van der Waals surface area contributed by atoms with Gasteiger partial charge in [0.1, 0.15) is 0 Å². The Morgan fingerprint density at radius 3 is 2.67 bits per heavy atom. The number of aryl methyl sites for hydroxylation is 1. The van der Waals surface area contributed by atoms with Gasteiger partial charge in [-0.1, -0.05) is 6.92 Å². The van der Waals surface area contributed by atoms with Crippen LogP contribution in [0.4, 0.5) is 0 Å². The molecular formula is C13H24IN3S. The second kappa shape index (κ2) is 9.61. The number of hydrogen-bond donors (Lipinski definition) is 2. The zero-order valence-corrected chi connectivity index (χ0v) is 14.8. The van der Waals surface area contributed by atoms with Crippen LogP contribution in [0, 0.1) is 6.92 Å². The lowest BCUT2D eigenvalue weighted by molar-refractivity contribution is 0.643. The molecular weight excluding hydrogens is 357 g/mol. The highest BCUT2D eigenvalue weighted by Gasteiger charge is 2.07. The zero-order chi connectivity index (χ0) is 12.7. The maximum atomic E-state index is 4.21. The van der Waals surface area contributed by atoms with Crippen molar-refractivity contribution in [1.29, 1.82) is 0 Å². The topological polar surface area (TPSA) is 36.4 Å². The van der Waals surface area contributed by atoms with Crippen LogP contribution in [0.1, 0.15) is 30.0 Å². The minimum absolute atomic E-state index is 0. The third kappa shape index (κ3) is 6.58. The summed E-state index contributed by atoms with van der Waals surface area (Å²) in [5, 5.41) is 6.69. The Kier molecular flexibility index (Phi) is 9.45. The fourth-order valence-electron chi connectivity index (χ4n) is 1.62. The average Bonchev–Trinajstić information content (AvgIpc) is 2.69. The van der Waals surface area contributed by atoms with Gasteiger partial charge in [0.15, 0.2) is 5.96 Å². The number of rotatable bonds is 5. The summed E-state index contributed by atoms with van der Waals surface area (Å²) in [4.78, 5) is 7.01. The zero-order valence-electron chi connectivity index (χ0n) is 11.6. The van der Waals surface area contributed by atoms with Gasteiger partial charge in [-0.3, -0.25) is 4.99 Å². The smallest absolute Gasteiger partial charge is 0.191 e. The van der Waals surface area contributed by atoms with E-state index in [1.807, 2.05) is 18.4 Å². The number of thiophene rings is 1. The number of nitrogens with one attached hydrogen (secondary N) is 2. The highest BCUT2D eigenvalue weighted by molar-refractivity contribution is 14.0. The minimum Gasteiger partial charge on any atom is -0.356 e. The van der Waals surface area contributed by atoms with Crippen molar-refractivity contribution >= 4 is 41.3 Å². The maximum absolute atomic E-state index is 4.21. The Labute approximate surface area is 131 Å². The molecule has 0 radical (unpaired) electrons. The van der Waals surface area contributed by atoms with Crippen LogP contribution in [-0.2, 0) is 6.42 Å². The van der Waals surface area contributed by atoms with E-state index >= 15 is 0 Å². The van der Waals surface area contributed by atoms with Gasteiger partial charge in [-0.2, -0.15) is 0 Å². The summed E-state index contributed by atoms with van der Waals surface area (Å²) >= 11 is 1.87. The largest absolute Gasteiger partial charge is 0.356 e. The standard InChI is InChI=1S/C13H23N3S.HI/c1-5-8-15-13(14-4)16-10(2)9-12-7-6-11(3)17-12;/h6-7,10H,5,8-9H2,1-4H3,(H2,14,15,16);1H. The summed E-state index contributed by atoms with van der Waals surface area (Å²) in [7, 11) is 1.81. The lowest BCUT2D eigenvalue weighted by atomic mass is 10.2. The van der Waals surface area contributed by atoms with Crippen LogP contribution < -0.4 is 10.6 Å². The predicted molar refractivity (Wildman–Crippen MR) is 92.4 cm³/mol. The summed E-state index contributed by atoms with van der Waals surface area (Å²) in [6.45, 7) is 7.45. The van der Waals surface area contributed by atoms with Gasteiger partial charge in [-0.15, -0.1) is 35.3 Å². The van der Waals surface area contributed by atoms with Crippen molar-refractivity contribution in [2.45, 2.75) is 39.7 Å². The van der Waals surface area contributed by atoms with Crippen molar-refractivity contribution in [1.82, 2.24) is 10.6 Å². The molecule has 5 heteroatoms. The summed E-state index contributed by atoms with van der Waals surface area (Å²) < 4.78 is 0. The van der Waals surface area contributed by atoms with Crippen LogP contribution in [0.25, 0.3) is 0 Å². The van der Waals surface area contributed by atoms with Crippen molar-refractivity contribution in [2.24, 2.45) is 4.99 Å². The molecule has 2 N–H and O–H groups in total. The summed E-state index contributed by atoms with van der Waals surface area (Å²) in [5.74, 6) is 0.896. The van der Waals surface area contributed by atoms with Crippen LogP contribution >= 0.6 is 35.3 Å². The second-order valence-corrected chi connectivity index (χ2v) is 5.63. The molecule has 0 bridgehead atoms. The Morgan fingerprint density at radius 2 is 2.17 bits per heavy atom. The number of nitrogens with zero attached hydrogens (tertiary/aromatic N) is 1. The van der Waals surface area contributed by atoms with Gasteiger partial charge in [0, 0.05) is 35.8 Å². The Morgan fingerprint density at radius 1 is 1.44 bits per heavy atom. The third-order valence-corrected chi connectivity index (χ3v) is 3.48. The first-order valence-electron chi connectivity index (χ1n) is 6.18. The van der Waals surface area contributed by atoms with E-state index in [-0.39, 0.29) is 24.0 Å². The molecule has 1 rings (SSSR count). The van der Waals surface area contributed by atoms with Gasteiger partial charge in [-0.05, 0) is 32.4 Å². The monoisotopic (exact) mass is 381 g/mol. The Hall–Kier alpha value is -0.300. The number of hydrogen-bond acceptors (Lipinski definition) is 2. The molecule has 1 heterocycles. The first-order chi connectivity index (χ1) is 8.15. The SMILES string of the molecule is CCCNC(=NC)NC(C)Cc1ccc(C)s1.I. The first kappa shape index (κ1) is 17.7. The highest BCUT2D eigenvalue weighted by Crippen LogP contribution is 2.16. The number of aliphatic imine (C=N–C) groups is 1. The van der Waals surface area contributed by atoms with Crippen LogP contribution in [-0.4, -0.2) is 25.6 Å². The fraction of sp³-hybridized carbons (Fsp3) is 0.615. The van der Waals surface area contributed by atoms with E-state index in [2.05, 4.69) is 48.5 Å². The van der Waals surface area contributed by atoms with Crippen molar-refractivity contribution < 1.29 is 0 Å². The molecule has 0 fully saturated rings. The summed E-state index contributed by atoms with van der Waals surface area (Å²) in [6, 6.07) is 4.79. The van der Waals surface area contributed by atoms with Gasteiger partial charge in [-0.25, -0.2) is 0 Å². The van der Waals surface area contributed by atoms with Crippen molar-refractivity contribution in [3.63, 3.8) is 0 Å². The fourth-order valence-corrected chi connectivity index (χ4v) is 2.64. The molecule has 0 spiro atoms. The van der Waals surface area contributed by atoms with Crippen LogP contribution in [0.15, 0.2) is 17.1 Å². The number of halogens is 1. The number of guanidine groups is 1. The summed E-state index contributed by atoms with van der Waals surface area (Å²) in [6.07, 6.45) is 2.16. The second-order valence-electron chi connectivity index (χ2n) is 4.26. The molecule has 1 aromatic rings. The van der Waals surface area contributed by atoms with Gasteiger partial charge < -0.3 is 10.6 Å². The Bertz CT molecular complexity index is 363. The molecule has 0 amide bonds. The molecule has 1 aromatic heterocycles. The van der Waals surface area contributed by atoms with E-state index in [9.17, 15) is 0 Å². The molecule has 0 aromatic carbocycles. The maximum Gasteiger partial charge on any atom is 0.191 e. The van der Waals surface area contributed by atoms with E-state index in [0.29, 0.717) is 6.04 Å². The molecule has 1 unspecified atom stereocenters. The van der Waals surface area contributed by atoms with Crippen molar-refractivity contribution in [2.75, 3.05) is 13.6 Å². The molecule has 18 heavy (non-hydrogen) atoms. The lowest BCUT2D eigenvalue weighted by Crippen LogP contribution is -2.43. The Balaban J connectivity index is 0.00000289. The first-order valence-corrected chi connectivity index (χ1v) is 6.99. The van der Waals surface area contributed by atoms with E-state index in [4.69, 9.17) is 0 Å². The minimum atomic E-state index is 0. The van der Waals surface area contributed by atoms with Crippen molar-refractivity contribution in [3.8, 4) is 0 Å². The van der Waals surface area contributed by atoms with Crippen LogP contribution in [0.2, 0.25) is 0 Å². The third-order valence-electron chi connectivity index (χ3n) is 2.45. The normalized spacial score (nSPS) is 12.8. The van der Waals surface area contributed by atoms with Crippen LogP contribution in [0.3, 0.4) is 0 Å². The molecule has 1 atom stereocenters. The molecule has 3 nitrogen and oxygen atoms in total. The van der Waals surface area contributed by atoms with E-state index in [1.54, 1.807) is 0 Å². The average molecular weight is 381 g/mol. The van der Waals surface area contributed by atoms with Gasteiger partial charge in [0.2, 0.25) is 0 Å².